The normalized spacial score (nSPS) is 16.1. The average molecular weight is 276 g/mol. The highest BCUT2D eigenvalue weighted by Crippen LogP contribution is 2.09. The van der Waals surface area contributed by atoms with Gasteiger partial charge < -0.3 is 15.0 Å². The molecular weight excluding hydrogens is 252 g/mol. The van der Waals surface area contributed by atoms with Gasteiger partial charge in [0.05, 0.1) is 12.2 Å². The molecule has 1 heterocycles. The number of nitrogens with zero attached hydrogens (tertiary/aromatic N) is 1. The summed E-state index contributed by atoms with van der Waals surface area (Å²) in [6.07, 6.45) is 2.23. The molecule has 110 valence electrons. The Bertz CT molecular complexity index is 411. The van der Waals surface area contributed by atoms with Crippen molar-refractivity contribution in [2.45, 2.75) is 19.8 Å². The molecule has 0 aliphatic carbocycles. The highest BCUT2D eigenvalue weighted by atomic mass is 16.5. The first kappa shape index (κ1) is 15.0. The van der Waals surface area contributed by atoms with Crippen LogP contribution in [0.2, 0.25) is 0 Å². The lowest BCUT2D eigenvalue weighted by Gasteiger charge is -2.27. The number of benzene rings is 1. The maximum Gasteiger partial charge on any atom is 0.338 e. The van der Waals surface area contributed by atoms with Crippen LogP contribution in [0.15, 0.2) is 24.3 Å². The molecule has 1 fully saturated rings. The van der Waals surface area contributed by atoms with Crippen LogP contribution in [0.25, 0.3) is 0 Å². The Morgan fingerprint density at radius 1 is 1.25 bits per heavy atom. The van der Waals surface area contributed by atoms with Crippen LogP contribution >= 0.6 is 0 Å². The molecule has 0 spiro atoms. The number of hydrogen-bond acceptors (Lipinski definition) is 4. The minimum Gasteiger partial charge on any atom is -0.462 e. The predicted molar refractivity (Wildman–Crippen MR) is 80.0 cm³/mol. The molecule has 0 amide bonds. The first-order valence-corrected chi connectivity index (χ1v) is 7.48. The third kappa shape index (κ3) is 4.62. The van der Waals surface area contributed by atoms with Crippen LogP contribution in [0, 0.1) is 0 Å². The van der Waals surface area contributed by atoms with E-state index in [1.165, 1.54) is 12.0 Å². The average Bonchev–Trinajstić information content (AvgIpc) is 2.49. The van der Waals surface area contributed by atoms with Gasteiger partial charge in [-0.2, -0.15) is 0 Å². The number of piperazine rings is 1. The van der Waals surface area contributed by atoms with Crippen LogP contribution in [-0.2, 0) is 11.2 Å². The minimum absolute atomic E-state index is 0.236. The summed E-state index contributed by atoms with van der Waals surface area (Å²) in [4.78, 5) is 14.0. The molecule has 1 aromatic carbocycles. The van der Waals surface area contributed by atoms with E-state index in [2.05, 4.69) is 10.2 Å². The van der Waals surface area contributed by atoms with Gasteiger partial charge in [0.25, 0.3) is 0 Å². The first-order chi connectivity index (χ1) is 9.79. The minimum atomic E-state index is -0.236. The van der Waals surface area contributed by atoms with E-state index in [0.29, 0.717) is 12.2 Å². The molecule has 20 heavy (non-hydrogen) atoms. The van der Waals surface area contributed by atoms with Gasteiger partial charge in [-0.3, -0.25) is 0 Å². The van der Waals surface area contributed by atoms with Gasteiger partial charge in [-0.25, -0.2) is 4.79 Å². The molecule has 0 aromatic heterocycles. The molecule has 0 saturated carbocycles. The molecule has 1 aliphatic rings. The zero-order chi connectivity index (χ0) is 14.2. The molecule has 0 unspecified atom stereocenters. The van der Waals surface area contributed by atoms with E-state index in [-0.39, 0.29) is 5.97 Å². The molecule has 1 aliphatic heterocycles. The summed E-state index contributed by atoms with van der Waals surface area (Å²) >= 11 is 0. The Balaban J connectivity index is 1.74. The second-order valence-electron chi connectivity index (χ2n) is 5.11. The summed E-state index contributed by atoms with van der Waals surface area (Å²) in [6.45, 7) is 7.92. The van der Waals surface area contributed by atoms with E-state index in [1.54, 1.807) is 0 Å². The van der Waals surface area contributed by atoms with Crippen molar-refractivity contribution in [2.75, 3.05) is 39.3 Å². The molecule has 4 nitrogen and oxygen atoms in total. The number of hydrogen-bond donors (Lipinski definition) is 1. The molecule has 2 rings (SSSR count). The standard InChI is InChI=1S/C16H24N2O2/c1-2-20-16(19)15-7-5-14(6-8-15)4-3-11-18-12-9-17-10-13-18/h5-8,17H,2-4,9-13H2,1H3. The topological polar surface area (TPSA) is 41.6 Å². The van der Waals surface area contributed by atoms with Crippen molar-refractivity contribution >= 4 is 5.97 Å². The summed E-state index contributed by atoms with van der Waals surface area (Å²) < 4.78 is 4.98. The molecule has 1 saturated heterocycles. The molecular formula is C16H24N2O2. The van der Waals surface area contributed by atoms with E-state index in [1.807, 2.05) is 31.2 Å². The highest BCUT2D eigenvalue weighted by Gasteiger charge is 2.09. The summed E-state index contributed by atoms with van der Waals surface area (Å²) in [5, 5.41) is 3.36. The van der Waals surface area contributed by atoms with Crippen LogP contribution < -0.4 is 5.32 Å². The van der Waals surface area contributed by atoms with E-state index in [4.69, 9.17) is 4.74 Å². The van der Waals surface area contributed by atoms with E-state index < -0.39 is 0 Å². The summed E-state index contributed by atoms with van der Waals surface area (Å²) in [5.74, 6) is -0.236. The molecule has 0 bridgehead atoms. The molecule has 4 heteroatoms. The van der Waals surface area contributed by atoms with Gasteiger partial charge in [0.2, 0.25) is 0 Å². The van der Waals surface area contributed by atoms with Crippen LogP contribution in [0.4, 0.5) is 0 Å². The predicted octanol–water partition coefficient (Wildman–Crippen LogP) is 1.70. The van der Waals surface area contributed by atoms with E-state index in [0.717, 1.165) is 39.1 Å². The summed E-state index contributed by atoms with van der Waals surface area (Å²) in [5.41, 5.74) is 1.92. The summed E-state index contributed by atoms with van der Waals surface area (Å²) in [7, 11) is 0. The van der Waals surface area contributed by atoms with Crippen LogP contribution in [0.3, 0.4) is 0 Å². The lowest BCUT2D eigenvalue weighted by atomic mass is 10.1. The summed E-state index contributed by atoms with van der Waals surface area (Å²) in [6, 6.07) is 7.78. The number of nitrogens with one attached hydrogen (secondary N) is 1. The Morgan fingerprint density at radius 2 is 1.95 bits per heavy atom. The second-order valence-corrected chi connectivity index (χ2v) is 5.11. The molecule has 0 radical (unpaired) electrons. The Kier molecular flexibility index (Phi) is 6.02. The van der Waals surface area contributed by atoms with Gasteiger partial charge in [0.1, 0.15) is 0 Å². The Labute approximate surface area is 121 Å². The third-order valence-electron chi connectivity index (χ3n) is 3.61. The van der Waals surface area contributed by atoms with Crippen LogP contribution in [0.1, 0.15) is 29.3 Å². The second kappa shape index (κ2) is 8.02. The Morgan fingerprint density at radius 3 is 2.60 bits per heavy atom. The maximum absolute atomic E-state index is 11.5. The van der Waals surface area contributed by atoms with Gasteiger partial charge in [-0.15, -0.1) is 0 Å². The number of aryl methyl sites for hydroxylation is 1. The number of rotatable bonds is 6. The van der Waals surface area contributed by atoms with Crippen LogP contribution in [0.5, 0.6) is 0 Å². The monoisotopic (exact) mass is 276 g/mol. The quantitative estimate of drug-likeness (QED) is 0.803. The fourth-order valence-electron chi connectivity index (χ4n) is 2.46. The first-order valence-electron chi connectivity index (χ1n) is 7.48. The third-order valence-corrected chi connectivity index (χ3v) is 3.61. The SMILES string of the molecule is CCOC(=O)c1ccc(CCCN2CCNCC2)cc1. The van der Waals surface area contributed by atoms with Crippen molar-refractivity contribution < 1.29 is 9.53 Å². The fourth-order valence-corrected chi connectivity index (χ4v) is 2.46. The van der Waals surface area contributed by atoms with Gasteiger partial charge >= 0.3 is 5.97 Å². The number of ether oxygens (including phenoxy) is 1. The van der Waals surface area contributed by atoms with Crippen LogP contribution in [-0.4, -0.2) is 50.2 Å². The number of carbonyl (C=O) groups is 1. The van der Waals surface area contributed by atoms with Crippen molar-refractivity contribution in [3.63, 3.8) is 0 Å². The van der Waals surface area contributed by atoms with Gasteiger partial charge in [-0.1, -0.05) is 12.1 Å². The lowest BCUT2D eigenvalue weighted by molar-refractivity contribution is 0.0526. The van der Waals surface area contributed by atoms with E-state index >= 15 is 0 Å². The van der Waals surface area contributed by atoms with Crippen molar-refractivity contribution in [3.8, 4) is 0 Å². The Hall–Kier alpha value is -1.39. The maximum atomic E-state index is 11.5. The zero-order valence-corrected chi connectivity index (χ0v) is 12.2. The zero-order valence-electron chi connectivity index (χ0n) is 12.2. The number of esters is 1. The fraction of sp³-hybridized carbons (Fsp3) is 0.562. The van der Waals surface area contributed by atoms with Crippen molar-refractivity contribution in [1.29, 1.82) is 0 Å². The van der Waals surface area contributed by atoms with Crippen molar-refractivity contribution in [1.82, 2.24) is 10.2 Å². The lowest BCUT2D eigenvalue weighted by Crippen LogP contribution is -2.43. The van der Waals surface area contributed by atoms with Gasteiger partial charge in [-0.05, 0) is 44.0 Å². The molecule has 1 aromatic rings. The molecule has 1 N–H and O–H groups in total. The number of carbonyl (C=O) groups excluding carboxylic acids is 1. The van der Waals surface area contributed by atoms with Crippen molar-refractivity contribution in [3.05, 3.63) is 35.4 Å². The molecule has 0 atom stereocenters. The van der Waals surface area contributed by atoms with Gasteiger partial charge in [0, 0.05) is 26.2 Å². The smallest absolute Gasteiger partial charge is 0.338 e. The van der Waals surface area contributed by atoms with Gasteiger partial charge in [0.15, 0.2) is 0 Å². The van der Waals surface area contributed by atoms with E-state index in [9.17, 15) is 4.79 Å². The largest absolute Gasteiger partial charge is 0.462 e. The van der Waals surface area contributed by atoms with Crippen molar-refractivity contribution in [2.24, 2.45) is 0 Å². The highest BCUT2D eigenvalue weighted by molar-refractivity contribution is 5.89.